The summed E-state index contributed by atoms with van der Waals surface area (Å²) < 4.78 is 13.1. The van der Waals surface area contributed by atoms with E-state index in [1.54, 1.807) is 26.1 Å². The van der Waals surface area contributed by atoms with Gasteiger partial charge in [0.05, 0.1) is 11.6 Å². The highest BCUT2D eigenvalue weighted by atomic mass is 19.1. The summed E-state index contributed by atoms with van der Waals surface area (Å²) in [7, 11) is 1.67. The van der Waals surface area contributed by atoms with E-state index in [4.69, 9.17) is 0 Å². The first kappa shape index (κ1) is 9.86. The van der Waals surface area contributed by atoms with Gasteiger partial charge in [0.2, 0.25) is 0 Å². The fourth-order valence-electron chi connectivity index (χ4n) is 1.03. The lowest BCUT2D eigenvalue weighted by molar-refractivity contribution is 0.0951. The van der Waals surface area contributed by atoms with Crippen molar-refractivity contribution in [2.75, 3.05) is 7.05 Å². The van der Waals surface area contributed by atoms with Crippen molar-refractivity contribution in [1.29, 1.82) is 0 Å². The zero-order chi connectivity index (χ0) is 9.84. The maximum absolute atomic E-state index is 13.1. The molecule has 2 nitrogen and oxygen atoms in total. The van der Waals surface area contributed by atoms with E-state index in [1.165, 1.54) is 12.1 Å². The van der Waals surface area contributed by atoms with Crippen molar-refractivity contribution in [1.82, 2.24) is 5.32 Å². The molecule has 0 aliphatic heterocycles. The molecule has 1 aromatic rings. The third-order valence-electron chi connectivity index (χ3n) is 1.97. The predicted molar refractivity (Wildman–Crippen MR) is 49.3 cm³/mol. The molecular formula is C10H12FNO. The molecule has 0 amide bonds. The monoisotopic (exact) mass is 181 g/mol. The van der Waals surface area contributed by atoms with Crippen molar-refractivity contribution >= 4 is 5.78 Å². The fourth-order valence-corrected chi connectivity index (χ4v) is 1.03. The van der Waals surface area contributed by atoms with Gasteiger partial charge in [0, 0.05) is 0 Å². The summed E-state index contributed by atoms with van der Waals surface area (Å²) >= 11 is 0. The molecule has 1 atom stereocenters. The second kappa shape index (κ2) is 4.14. The Morgan fingerprint density at radius 3 is 2.62 bits per heavy atom. The Hall–Kier alpha value is -1.22. The van der Waals surface area contributed by atoms with E-state index >= 15 is 0 Å². The molecule has 0 saturated carbocycles. The third kappa shape index (κ3) is 2.12. The number of hydrogen-bond donors (Lipinski definition) is 1. The maximum atomic E-state index is 13.1. The smallest absolute Gasteiger partial charge is 0.182 e. The van der Waals surface area contributed by atoms with Gasteiger partial charge in [-0.1, -0.05) is 12.1 Å². The molecule has 0 saturated heterocycles. The molecule has 13 heavy (non-hydrogen) atoms. The summed E-state index contributed by atoms with van der Waals surface area (Å²) in [6.45, 7) is 1.70. The van der Waals surface area contributed by atoms with Gasteiger partial charge in [-0.25, -0.2) is 4.39 Å². The zero-order valence-corrected chi connectivity index (χ0v) is 7.67. The number of carbonyl (C=O) groups excluding carboxylic acids is 1. The molecule has 0 radical (unpaired) electrons. The Morgan fingerprint density at radius 2 is 2.08 bits per heavy atom. The third-order valence-corrected chi connectivity index (χ3v) is 1.97. The maximum Gasteiger partial charge on any atom is 0.182 e. The Bertz CT molecular complexity index is 312. The summed E-state index contributed by atoms with van der Waals surface area (Å²) in [5, 5.41) is 2.77. The van der Waals surface area contributed by atoms with E-state index in [2.05, 4.69) is 5.32 Å². The van der Waals surface area contributed by atoms with E-state index in [0.717, 1.165) is 0 Å². The molecule has 1 rings (SSSR count). The van der Waals surface area contributed by atoms with Gasteiger partial charge in [0.15, 0.2) is 5.78 Å². The molecule has 3 heteroatoms. The molecule has 0 fully saturated rings. The largest absolute Gasteiger partial charge is 0.310 e. The minimum atomic E-state index is -0.463. The highest BCUT2D eigenvalue weighted by Gasteiger charge is 2.15. The molecule has 0 heterocycles. The van der Waals surface area contributed by atoms with Crippen molar-refractivity contribution in [2.45, 2.75) is 13.0 Å². The molecule has 1 N–H and O–H groups in total. The number of rotatable bonds is 3. The minimum Gasteiger partial charge on any atom is -0.310 e. The van der Waals surface area contributed by atoms with E-state index < -0.39 is 5.82 Å². The van der Waals surface area contributed by atoms with Crippen LogP contribution in [0.4, 0.5) is 4.39 Å². The quantitative estimate of drug-likeness (QED) is 0.718. The normalized spacial score (nSPS) is 12.5. The van der Waals surface area contributed by atoms with Crippen LogP contribution in [0, 0.1) is 5.82 Å². The summed E-state index contributed by atoms with van der Waals surface area (Å²) in [5.74, 6) is -0.685. The van der Waals surface area contributed by atoms with Crippen LogP contribution in [0.2, 0.25) is 0 Å². The van der Waals surface area contributed by atoms with Crippen molar-refractivity contribution in [3.05, 3.63) is 35.6 Å². The number of halogens is 1. The SMILES string of the molecule is CN[C@@H](C)C(=O)c1ccccc1F. The van der Waals surface area contributed by atoms with Crippen LogP contribution in [0.3, 0.4) is 0 Å². The van der Waals surface area contributed by atoms with E-state index in [1.807, 2.05) is 0 Å². The molecule has 70 valence electrons. The van der Waals surface area contributed by atoms with E-state index in [-0.39, 0.29) is 17.4 Å². The van der Waals surface area contributed by atoms with Crippen molar-refractivity contribution in [3.63, 3.8) is 0 Å². The summed E-state index contributed by atoms with van der Waals surface area (Å²) in [6, 6.07) is 5.65. The lowest BCUT2D eigenvalue weighted by Crippen LogP contribution is -2.31. The van der Waals surface area contributed by atoms with Crippen LogP contribution < -0.4 is 5.32 Å². The Morgan fingerprint density at radius 1 is 1.46 bits per heavy atom. The molecule has 0 spiro atoms. The van der Waals surface area contributed by atoms with Crippen LogP contribution in [0.25, 0.3) is 0 Å². The number of nitrogens with one attached hydrogen (secondary N) is 1. The molecule has 0 unspecified atom stereocenters. The molecule has 1 aromatic carbocycles. The highest BCUT2D eigenvalue weighted by molar-refractivity contribution is 6.00. The lowest BCUT2D eigenvalue weighted by Gasteiger charge is -2.08. The Kier molecular flexibility index (Phi) is 3.14. The van der Waals surface area contributed by atoms with Gasteiger partial charge in [-0.3, -0.25) is 4.79 Å². The Labute approximate surface area is 76.8 Å². The van der Waals surface area contributed by atoms with Gasteiger partial charge in [-0.2, -0.15) is 0 Å². The minimum absolute atomic E-state index is 0.143. The summed E-state index contributed by atoms with van der Waals surface area (Å²) in [4.78, 5) is 11.5. The fraction of sp³-hybridized carbons (Fsp3) is 0.300. The van der Waals surface area contributed by atoms with Gasteiger partial charge in [-0.05, 0) is 26.1 Å². The molecule has 0 bridgehead atoms. The molecular weight excluding hydrogens is 169 g/mol. The van der Waals surface area contributed by atoms with Crippen LogP contribution >= 0.6 is 0 Å². The number of carbonyl (C=O) groups is 1. The van der Waals surface area contributed by atoms with Crippen LogP contribution in [-0.2, 0) is 0 Å². The number of hydrogen-bond acceptors (Lipinski definition) is 2. The van der Waals surface area contributed by atoms with Crippen LogP contribution in [0.1, 0.15) is 17.3 Å². The lowest BCUT2D eigenvalue weighted by atomic mass is 10.1. The summed E-state index contributed by atoms with van der Waals surface area (Å²) in [5.41, 5.74) is 0.143. The first-order valence-corrected chi connectivity index (χ1v) is 4.13. The van der Waals surface area contributed by atoms with Gasteiger partial charge >= 0.3 is 0 Å². The predicted octanol–water partition coefficient (Wildman–Crippen LogP) is 1.62. The van der Waals surface area contributed by atoms with E-state index in [0.29, 0.717) is 0 Å². The van der Waals surface area contributed by atoms with Crippen molar-refractivity contribution in [3.8, 4) is 0 Å². The van der Waals surface area contributed by atoms with Gasteiger partial charge in [0.1, 0.15) is 5.82 Å². The van der Waals surface area contributed by atoms with Gasteiger partial charge < -0.3 is 5.32 Å². The highest BCUT2D eigenvalue weighted by Crippen LogP contribution is 2.08. The Balaban J connectivity index is 2.95. The first-order valence-electron chi connectivity index (χ1n) is 4.13. The van der Waals surface area contributed by atoms with Crippen molar-refractivity contribution in [2.24, 2.45) is 0 Å². The van der Waals surface area contributed by atoms with Crippen LogP contribution in [-0.4, -0.2) is 18.9 Å². The first-order chi connectivity index (χ1) is 6.16. The number of benzene rings is 1. The number of ketones is 1. The standard InChI is InChI=1S/C10H12FNO/c1-7(12-2)10(13)8-5-3-4-6-9(8)11/h3-7,12H,1-2H3/t7-/m0/s1. The van der Waals surface area contributed by atoms with Crippen molar-refractivity contribution < 1.29 is 9.18 Å². The van der Waals surface area contributed by atoms with E-state index in [9.17, 15) is 9.18 Å². The summed E-state index contributed by atoms with van der Waals surface area (Å²) in [6.07, 6.45) is 0. The second-order valence-corrected chi connectivity index (χ2v) is 2.85. The molecule has 0 aliphatic rings. The van der Waals surface area contributed by atoms with Gasteiger partial charge in [-0.15, -0.1) is 0 Å². The topological polar surface area (TPSA) is 29.1 Å². The number of Topliss-reactive ketones (excluding diaryl/α,β-unsaturated/α-hetero) is 1. The van der Waals surface area contributed by atoms with Gasteiger partial charge in [0.25, 0.3) is 0 Å². The van der Waals surface area contributed by atoms with Crippen LogP contribution in [0.5, 0.6) is 0 Å². The number of likely N-dealkylation sites (N-methyl/N-ethyl adjacent to an activating group) is 1. The second-order valence-electron chi connectivity index (χ2n) is 2.85. The molecule has 0 aliphatic carbocycles. The van der Waals surface area contributed by atoms with Crippen LogP contribution in [0.15, 0.2) is 24.3 Å². The average Bonchev–Trinajstić information content (AvgIpc) is 2.16. The average molecular weight is 181 g/mol. The zero-order valence-electron chi connectivity index (χ0n) is 7.67. The molecule has 0 aromatic heterocycles.